The molecule has 0 spiro atoms. The molecule has 6 heteroatoms. The van der Waals surface area contributed by atoms with Crippen molar-refractivity contribution in [2.75, 3.05) is 12.8 Å². The second-order valence-corrected chi connectivity index (χ2v) is 4.85. The molecule has 94 valence electrons. The number of hydrogen-bond donors (Lipinski definition) is 1. The predicted molar refractivity (Wildman–Crippen MR) is 74.0 cm³/mol. The topological polar surface area (TPSA) is 61.0 Å². The van der Waals surface area contributed by atoms with Crippen LogP contribution in [0, 0.1) is 0 Å². The first-order chi connectivity index (χ1) is 8.72. The summed E-state index contributed by atoms with van der Waals surface area (Å²) in [6.07, 6.45) is 1.43. The molecule has 0 atom stereocenters. The molecule has 0 aliphatic rings. The smallest absolute Gasteiger partial charge is 0.241 e. The van der Waals surface area contributed by atoms with E-state index < -0.39 is 0 Å². The molecule has 0 fully saturated rings. The molecule has 18 heavy (non-hydrogen) atoms. The van der Waals surface area contributed by atoms with Gasteiger partial charge in [0.15, 0.2) is 0 Å². The number of nitrogen functional groups attached to an aromatic ring is 1. The molecule has 0 aliphatic heterocycles. The van der Waals surface area contributed by atoms with Crippen molar-refractivity contribution >= 4 is 29.1 Å². The molecule has 0 bridgehead atoms. The van der Waals surface area contributed by atoms with Crippen LogP contribution >= 0.6 is 23.4 Å². The minimum absolute atomic E-state index is 0.395. The van der Waals surface area contributed by atoms with Gasteiger partial charge in [0.05, 0.1) is 7.11 Å². The summed E-state index contributed by atoms with van der Waals surface area (Å²) >= 11 is 7.59. The Morgan fingerprint density at radius 3 is 2.83 bits per heavy atom. The van der Waals surface area contributed by atoms with Gasteiger partial charge >= 0.3 is 0 Å². The van der Waals surface area contributed by atoms with E-state index in [4.69, 9.17) is 22.1 Å². The molecule has 0 saturated heterocycles. The average molecular weight is 282 g/mol. The Morgan fingerprint density at radius 2 is 2.11 bits per heavy atom. The van der Waals surface area contributed by atoms with Gasteiger partial charge in [-0.05, 0) is 11.6 Å². The van der Waals surface area contributed by atoms with Gasteiger partial charge in [-0.1, -0.05) is 41.6 Å². The summed E-state index contributed by atoms with van der Waals surface area (Å²) in [5.41, 5.74) is 7.39. The molecule has 0 aliphatic carbocycles. The third-order valence-corrected chi connectivity index (χ3v) is 3.75. The molecular formula is C12H12ClN3OS. The Hall–Kier alpha value is -1.46. The molecule has 0 radical (unpaired) electrons. The van der Waals surface area contributed by atoms with E-state index in [1.54, 1.807) is 0 Å². The van der Waals surface area contributed by atoms with Crippen molar-refractivity contribution in [3.05, 3.63) is 41.2 Å². The van der Waals surface area contributed by atoms with Gasteiger partial charge in [-0.25, -0.2) is 4.98 Å². The number of rotatable bonds is 4. The van der Waals surface area contributed by atoms with E-state index in [2.05, 4.69) is 9.97 Å². The number of aromatic nitrogens is 2. The van der Waals surface area contributed by atoms with Crippen LogP contribution in [-0.4, -0.2) is 17.1 Å². The van der Waals surface area contributed by atoms with Crippen molar-refractivity contribution in [1.82, 2.24) is 9.97 Å². The number of halogens is 1. The number of ether oxygens (including phenoxy) is 1. The Bertz CT molecular complexity index is 551. The van der Waals surface area contributed by atoms with E-state index in [0.29, 0.717) is 22.3 Å². The lowest BCUT2D eigenvalue weighted by atomic mass is 10.2. The van der Waals surface area contributed by atoms with Gasteiger partial charge in [0, 0.05) is 10.8 Å². The summed E-state index contributed by atoms with van der Waals surface area (Å²) in [6.45, 7) is 0. The summed E-state index contributed by atoms with van der Waals surface area (Å²) in [7, 11) is 1.53. The monoisotopic (exact) mass is 281 g/mol. The molecule has 0 unspecified atom stereocenters. The Morgan fingerprint density at radius 1 is 1.33 bits per heavy atom. The number of hydrogen-bond acceptors (Lipinski definition) is 5. The lowest BCUT2D eigenvalue weighted by Gasteiger charge is -2.08. The first-order valence-electron chi connectivity index (χ1n) is 5.23. The highest BCUT2D eigenvalue weighted by atomic mass is 35.5. The molecule has 2 rings (SSSR count). The number of anilines is 1. The van der Waals surface area contributed by atoms with Crippen LogP contribution in [0.25, 0.3) is 0 Å². The van der Waals surface area contributed by atoms with Gasteiger partial charge in [-0.2, -0.15) is 4.98 Å². The highest BCUT2D eigenvalue weighted by molar-refractivity contribution is 7.98. The minimum Gasteiger partial charge on any atom is -0.479 e. The van der Waals surface area contributed by atoms with Gasteiger partial charge in [0.25, 0.3) is 0 Å². The van der Waals surface area contributed by atoms with Crippen LogP contribution in [0.2, 0.25) is 5.02 Å². The van der Waals surface area contributed by atoms with E-state index in [-0.39, 0.29) is 0 Å². The number of benzene rings is 1. The lowest BCUT2D eigenvalue weighted by molar-refractivity contribution is 0.397. The van der Waals surface area contributed by atoms with Gasteiger partial charge in [0.1, 0.15) is 17.0 Å². The maximum absolute atomic E-state index is 6.09. The van der Waals surface area contributed by atoms with Crippen molar-refractivity contribution in [3.63, 3.8) is 0 Å². The predicted octanol–water partition coefficient (Wildman–Crippen LogP) is 3.01. The van der Waals surface area contributed by atoms with Crippen LogP contribution in [-0.2, 0) is 5.75 Å². The van der Waals surface area contributed by atoms with Crippen LogP contribution in [0.3, 0.4) is 0 Å². The summed E-state index contributed by atoms with van der Waals surface area (Å²) < 4.78 is 5.05. The standard InChI is InChI=1S/C12H12ClN3OS/c1-17-11-10(14)12(16-7-15-11)18-6-8-4-2-3-5-9(8)13/h2-5,7H,6,14H2,1H3. The van der Waals surface area contributed by atoms with E-state index in [0.717, 1.165) is 10.6 Å². The zero-order valence-corrected chi connectivity index (χ0v) is 11.3. The Kier molecular flexibility index (Phi) is 4.28. The Labute approximate surface area is 115 Å². The Balaban J connectivity index is 2.14. The molecule has 1 aromatic carbocycles. The first kappa shape index (κ1) is 13.0. The number of methoxy groups -OCH3 is 1. The fourth-order valence-corrected chi connectivity index (χ4v) is 2.59. The summed E-state index contributed by atoms with van der Waals surface area (Å²) in [5, 5.41) is 1.44. The molecule has 0 amide bonds. The number of thioether (sulfide) groups is 1. The quantitative estimate of drug-likeness (QED) is 0.689. The third kappa shape index (κ3) is 2.86. The van der Waals surface area contributed by atoms with Crippen LogP contribution < -0.4 is 10.5 Å². The molecule has 2 N–H and O–H groups in total. The van der Waals surface area contributed by atoms with Gasteiger partial charge in [0.2, 0.25) is 5.88 Å². The maximum Gasteiger partial charge on any atom is 0.241 e. The van der Waals surface area contributed by atoms with Crippen LogP contribution in [0.15, 0.2) is 35.6 Å². The van der Waals surface area contributed by atoms with Crippen molar-refractivity contribution in [2.24, 2.45) is 0 Å². The van der Waals surface area contributed by atoms with Gasteiger partial charge < -0.3 is 10.5 Å². The molecule has 1 heterocycles. The molecule has 2 aromatic rings. The molecule has 0 saturated carbocycles. The fourth-order valence-electron chi connectivity index (χ4n) is 1.40. The van der Waals surface area contributed by atoms with Gasteiger partial charge in [-0.15, -0.1) is 0 Å². The first-order valence-corrected chi connectivity index (χ1v) is 6.59. The summed E-state index contributed by atoms with van der Waals surface area (Å²) in [5.74, 6) is 1.09. The molecule has 4 nitrogen and oxygen atoms in total. The second-order valence-electron chi connectivity index (χ2n) is 3.48. The second kappa shape index (κ2) is 5.93. The number of nitrogens with zero attached hydrogens (tertiary/aromatic N) is 2. The van der Waals surface area contributed by atoms with Crippen LogP contribution in [0.4, 0.5) is 5.69 Å². The van der Waals surface area contributed by atoms with E-state index >= 15 is 0 Å². The maximum atomic E-state index is 6.09. The number of nitrogens with two attached hydrogens (primary N) is 1. The zero-order valence-electron chi connectivity index (χ0n) is 9.76. The average Bonchev–Trinajstić information content (AvgIpc) is 2.39. The minimum atomic E-state index is 0.395. The van der Waals surface area contributed by atoms with Crippen molar-refractivity contribution in [1.29, 1.82) is 0 Å². The van der Waals surface area contributed by atoms with E-state index in [1.165, 1.54) is 25.2 Å². The molecular weight excluding hydrogens is 270 g/mol. The molecule has 1 aromatic heterocycles. The summed E-state index contributed by atoms with van der Waals surface area (Å²) in [4.78, 5) is 8.07. The van der Waals surface area contributed by atoms with Crippen LogP contribution in [0.5, 0.6) is 5.88 Å². The normalized spacial score (nSPS) is 10.3. The van der Waals surface area contributed by atoms with Crippen LogP contribution in [0.1, 0.15) is 5.56 Å². The largest absolute Gasteiger partial charge is 0.479 e. The van der Waals surface area contributed by atoms with Gasteiger partial charge in [-0.3, -0.25) is 0 Å². The van der Waals surface area contributed by atoms with E-state index in [9.17, 15) is 0 Å². The zero-order chi connectivity index (χ0) is 13.0. The van der Waals surface area contributed by atoms with Crippen molar-refractivity contribution in [3.8, 4) is 5.88 Å². The fraction of sp³-hybridized carbons (Fsp3) is 0.167. The summed E-state index contributed by atoms with van der Waals surface area (Å²) in [6, 6.07) is 7.69. The lowest BCUT2D eigenvalue weighted by Crippen LogP contribution is -1.99. The SMILES string of the molecule is COc1ncnc(SCc2ccccc2Cl)c1N. The van der Waals surface area contributed by atoms with Crippen molar-refractivity contribution < 1.29 is 4.74 Å². The highest BCUT2D eigenvalue weighted by Crippen LogP contribution is 2.32. The van der Waals surface area contributed by atoms with Crippen molar-refractivity contribution in [2.45, 2.75) is 10.8 Å². The third-order valence-electron chi connectivity index (χ3n) is 2.33. The van der Waals surface area contributed by atoms with E-state index in [1.807, 2.05) is 24.3 Å². The highest BCUT2D eigenvalue weighted by Gasteiger charge is 2.09.